The standard InChI is InChI=1S/C16H34N2O/c1-14(2)7-6-9-18-11-12-19-16(13-18)8-10-17(5)15(3)4/h14-16H,6-13H2,1-5H3. The van der Waals surface area contributed by atoms with Crippen molar-refractivity contribution >= 4 is 0 Å². The van der Waals surface area contributed by atoms with Crippen LogP contribution in [-0.2, 0) is 4.74 Å². The molecule has 19 heavy (non-hydrogen) atoms. The highest BCUT2D eigenvalue weighted by atomic mass is 16.5. The zero-order valence-corrected chi connectivity index (χ0v) is 13.7. The van der Waals surface area contributed by atoms with Crippen LogP contribution in [0.2, 0.25) is 0 Å². The van der Waals surface area contributed by atoms with E-state index < -0.39 is 0 Å². The Labute approximate surface area is 120 Å². The Morgan fingerprint density at radius 3 is 2.63 bits per heavy atom. The van der Waals surface area contributed by atoms with Gasteiger partial charge >= 0.3 is 0 Å². The van der Waals surface area contributed by atoms with Crippen LogP contribution in [0.1, 0.15) is 47.0 Å². The number of rotatable bonds is 8. The molecule has 0 saturated carbocycles. The van der Waals surface area contributed by atoms with Gasteiger partial charge in [0.25, 0.3) is 0 Å². The molecular formula is C16H34N2O. The average Bonchev–Trinajstić information content (AvgIpc) is 2.36. The molecule has 1 fully saturated rings. The van der Waals surface area contributed by atoms with Crippen molar-refractivity contribution in [1.29, 1.82) is 0 Å². The van der Waals surface area contributed by atoms with Gasteiger partial charge in [0.05, 0.1) is 12.7 Å². The summed E-state index contributed by atoms with van der Waals surface area (Å²) >= 11 is 0. The van der Waals surface area contributed by atoms with E-state index in [0.717, 1.165) is 38.6 Å². The van der Waals surface area contributed by atoms with E-state index in [1.165, 1.54) is 19.4 Å². The van der Waals surface area contributed by atoms with E-state index in [1.807, 2.05) is 0 Å². The van der Waals surface area contributed by atoms with Gasteiger partial charge < -0.3 is 9.64 Å². The minimum atomic E-state index is 0.439. The molecule has 0 bridgehead atoms. The van der Waals surface area contributed by atoms with Crippen LogP contribution in [0, 0.1) is 5.92 Å². The van der Waals surface area contributed by atoms with Crippen molar-refractivity contribution in [2.75, 3.05) is 39.8 Å². The lowest BCUT2D eigenvalue weighted by molar-refractivity contribution is -0.0361. The average molecular weight is 270 g/mol. The van der Waals surface area contributed by atoms with Gasteiger partial charge in [-0.2, -0.15) is 0 Å². The van der Waals surface area contributed by atoms with E-state index in [-0.39, 0.29) is 0 Å². The van der Waals surface area contributed by atoms with Crippen LogP contribution < -0.4 is 0 Å². The molecule has 1 saturated heterocycles. The van der Waals surface area contributed by atoms with Crippen molar-refractivity contribution < 1.29 is 4.74 Å². The summed E-state index contributed by atoms with van der Waals surface area (Å²) in [4.78, 5) is 4.99. The molecular weight excluding hydrogens is 236 g/mol. The number of morpholine rings is 1. The zero-order chi connectivity index (χ0) is 14.3. The van der Waals surface area contributed by atoms with Gasteiger partial charge in [-0.05, 0) is 52.6 Å². The Balaban J connectivity index is 2.18. The minimum absolute atomic E-state index is 0.439. The van der Waals surface area contributed by atoms with Crippen LogP contribution in [-0.4, -0.2) is 61.8 Å². The van der Waals surface area contributed by atoms with Crippen molar-refractivity contribution in [1.82, 2.24) is 9.80 Å². The van der Waals surface area contributed by atoms with Crippen LogP contribution in [0.3, 0.4) is 0 Å². The van der Waals surface area contributed by atoms with Gasteiger partial charge in [0.2, 0.25) is 0 Å². The predicted molar refractivity (Wildman–Crippen MR) is 82.6 cm³/mol. The maximum absolute atomic E-state index is 5.90. The molecule has 0 radical (unpaired) electrons. The van der Waals surface area contributed by atoms with Crippen LogP contribution >= 0.6 is 0 Å². The van der Waals surface area contributed by atoms with Gasteiger partial charge in [0.15, 0.2) is 0 Å². The summed E-state index contributed by atoms with van der Waals surface area (Å²) in [5.41, 5.74) is 0. The highest BCUT2D eigenvalue weighted by Crippen LogP contribution is 2.12. The second-order valence-corrected chi connectivity index (χ2v) is 6.69. The fourth-order valence-corrected chi connectivity index (χ4v) is 2.49. The van der Waals surface area contributed by atoms with E-state index in [4.69, 9.17) is 4.74 Å². The third kappa shape index (κ3) is 7.28. The number of hydrogen-bond donors (Lipinski definition) is 0. The lowest BCUT2D eigenvalue weighted by Crippen LogP contribution is -2.44. The normalized spacial score (nSPS) is 21.8. The summed E-state index contributed by atoms with van der Waals surface area (Å²) in [6.45, 7) is 14.7. The van der Waals surface area contributed by atoms with Crippen molar-refractivity contribution in [3.8, 4) is 0 Å². The summed E-state index contributed by atoms with van der Waals surface area (Å²) in [6, 6.07) is 0.630. The highest BCUT2D eigenvalue weighted by Gasteiger charge is 2.20. The van der Waals surface area contributed by atoms with Crippen molar-refractivity contribution in [3.63, 3.8) is 0 Å². The van der Waals surface area contributed by atoms with Crippen molar-refractivity contribution in [3.05, 3.63) is 0 Å². The second kappa shape index (κ2) is 8.93. The van der Waals surface area contributed by atoms with Crippen LogP contribution in [0.5, 0.6) is 0 Å². The molecule has 1 aliphatic rings. The van der Waals surface area contributed by atoms with Gasteiger partial charge in [-0.3, -0.25) is 4.90 Å². The molecule has 0 spiro atoms. The summed E-state index contributed by atoms with van der Waals surface area (Å²) in [5, 5.41) is 0. The first-order valence-electron chi connectivity index (χ1n) is 8.03. The van der Waals surface area contributed by atoms with E-state index >= 15 is 0 Å². The summed E-state index contributed by atoms with van der Waals surface area (Å²) in [5.74, 6) is 0.830. The molecule has 0 aromatic rings. The van der Waals surface area contributed by atoms with Crippen LogP contribution in [0.15, 0.2) is 0 Å². The highest BCUT2D eigenvalue weighted by molar-refractivity contribution is 4.73. The van der Waals surface area contributed by atoms with Crippen molar-refractivity contribution in [2.24, 2.45) is 5.92 Å². The first-order valence-corrected chi connectivity index (χ1v) is 8.03. The molecule has 0 aromatic heterocycles. The third-order valence-electron chi connectivity index (χ3n) is 4.16. The lowest BCUT2D eigenvalue weighted by Gasteiger charge is -2.34. The number of hydrogen-bond acceptors (Lipinski definition) is 3. The monoisotopic (exact) mass is 270 g/mol. The predicted octanol–water partition coefficient (Wildman–Crippen LogP) is 2.85. The smallest absolute Gasteiger partial charge is 0.0714 e. The molecule has 3 nitrogen and oxygen atoms in total. The fourth-order valence-electron chi connectivity index (χ4n) is 2.49. The largest absolute Gasteiger partial charge is 0.376 e. The minimum Gasteiger partial charge on any atom is -0.376 e. The molecule has 3 heteroatoms. The fraction of sp³-hybridized carbons (Fsp3) is 1.00. The van der Waals surface area contributed by atoms with E-state index in [9.17, 15) is 0 Å². The summed E-state index contributed by atoms with van der Waals surface area (Å²) in [7, 11) is 2.20. The third-order valence-corrected chi connectivity index (χ3v) is 4.16. The Morgan fingerprint density at radius 1 is 1.26 bits per heavy atom. The van der Waals surface area contributed by atoms with E-state index in [0.29, 0.717) is 12.1 Å². The molecule has 0 amide bonds. The Kier molecular flexibility index (Phi) is 7.96. The quantitative estimate of drug-likeness (QED) is 0.674. The topological polar surface area (TPSA) is 15.7 Å². The molecule has 0 aliphatic carbocycles. The van der Waals surface area contributed by atoms with Crippen molar-refractivity contribution in [2.45, 2.75) is 59.1 Å². The van der Waals surface area contributed by atoms with Gasteiger partial charge in [-0.1, -0.05) is 13.8 Å². The van der Waals surface area contributed by atoms with Gasteiger partial charge in [0, 0.05) is 25.7 Å². The molecule has 1 atom stereocenters. The first-order chi connectivity index (χ1) is 8.99. The van der Waals surface area contributed by atoms with Gasteiger partial charge in [0.1, 0.15) is 0 Å². The summed E-state index contributed by atoms with van der Waals surface area (Å²) < 4.78 is 5.90. The summed E-state index contributed by atoms with van der Waals surface area (Å²) in [6.07, 6.45) is 4.28. The van der Waals surface area contributed by atoms with E-state index in [1.54, 1.807) is 0 Å². The zero-order valence-electron chi connectivity index (χ0n) is 13.7. The molecule has 0 aromatic carbocycles. The van der Waals surface area contributed by atoms with E-state index in [2.05, 4.69) is 44.5 Å². The second-order valence-electron chi connectivity index (χ2n) is 6.69. The Morgan fingerprint density at radius 2 is 2.00 bits per heavy atom. The maximum Gasteiger partial charge on any atom is 0.0714 e. The maximum atomic E-state index is 5.90. The SMILES string of the molecule is CC(C)CCCN1CCOC(CCN(C)C(C)C)C1. The molecule has 1 heterocycles. The Bertz CT molecular complexity index is 231. The van der Waals surface area contributed by atoms with Crippen LogP contribution in [0.4, 0.5) is 0 Å². The number of nitrogens with zero attached hydrogens (tertiary/aromatic N) is 2. The molecule has 0 N–H and O–H groups in total. The molecule has 1 rings (SSSR count). The van der Waals surface area contributed by atoms with Gasteiger partial charge in [-0.25, -0.2) is 0 Å². The first kappa shape index (κ1) is 16.9. The Hall–Kier alpha value is -0.120. The number of ether oxygens (including phenoxy) is 1. The molecule has 1 unspecified atom stereocenters. The van der Waals surface area contributed by atoms with Gasteiger partial charge in [-0.15, -0.1) is 0 Å². The van der Waals surface area contributed by atoms with Crippen LogP contribution in [0.25, 0.3) is 0 Å². The lowest BCUT2D eigenvalue weighted by atomic mass is 10.1. The molecule has 114 valence electrons. The molecule has 1 aliphatic heterocycles.